The molecule has 1 aliphatic heterocycles. The lowest BCUT2D eigenvalue weighted by Crippen LogP contribution is -2.40. The predicted molar refractivity (Wildman–Crippen MR) is 101 cm³/mol. The summed E-state index contributed by atoms with van der Waals surface area (Å²) in [6.07, 6.45) is 0. The van der Waals surface area contributed by atoms with Gasteiger partial charge in [-0.1, -0.05) is 13.0 Å². The zero-order valence-corrected chi connectivity index (χ0v) is 16.6. The highest BCUT2D eigenvalue weighted by Crippen LogP contribution is 2.30. The third-order valence-electron chi connectivity index (χ3n) is 4.60. The molecular weight excluding hydrogens is 372 g/mol. The van der Waals surface area contributed by atoms with Crippen LogP contribution < -0.4 is 14.8 Å². The first-order valence-electron chi connectivity index (χ1n) is 9.13. The molecule has 0 aromatic heterocycles. The molecule has 0 saturated carbocycles. The van der Waals surface area contributed by atoms with Crippen molar-refractivity contribution < 1.29 is 27.8 Å². The van der Waals surface area contributed by atoms with Crippen molar-refractivity contribution in [2.45, 2.75) is 27.0 Å². The number of methoxy groups -OCH3 is 1. The minimum Gasteiger partial charge on any atom is -0.490 e. The van der Waals surface area contributed by atoms with Crippen LogP contribution in [0.4, 0.5) is 8.78 Å². The van der Waals surface area contributed by atoms with Gasteiger partial charge in [-0.15, -0.1) is 0 Å². The Labute approximate surface area is 163 Å². The molecule has 1 aliphatic rings. The summed E-state index contributed by atoms with van der Waals surface area (Å²) in [5.74, 6) is 0.655. The van der Waals surface area contributed by atoms with Crippen LogP contribution in [0.5, 0.6) is 11.5 Å². The fourth-order valence-corrected chi connectivity index (χ4v) is 3.24. The van der Waals surface area contributed by atoms with Gasteiger partial charge in [-0.3, -0.25) is 9.79 Å². The van der Waals surface area contributed by atoms with Crippen molar-refractivity contribution in [2.75, 3.05) is 33.9 Å². The molecule has 0 aliphatic carbocycles. The molecule has 0 spiro atoms. The molecule has 28 heavy (non-hydrogen) atoms. The van der Waals surface area contributed by atoms with Crippen molar-refractivity contribution >= 4 is 11.9 Å². The Bertz CT molecular complexity index is 700. The number of benzene rings is 1. The molecule has 7 nitrogen and oxygen atoms in total. The van der Waals surface area contributed by atoms with Gasteiger partial charge in [0, 0.05) is 26.7 Å². The van der Waals surface area contributed by atoms with Gasteiger partial charge >= 0.3 is 12.6 Å². The Morgan fingerprint density at radius 3 is 2.71 bits per heavy atom. The highest BCUT2D eigenvalue weighted by Gasteiger charge is 2.36. The van der Waals surface area contributed by atoms with E-state index in [2.05, 4.69) is 15.0 Å². The molecule has 1 N–H and O–H groups in total. The van der Waals surface area contributed by atoms with Crippen LogP contribution in [-0.2, 0) is 16.1 Å². The van der Waals surface area contributed by atoms with Crippen LogP contribution in [0.15, 0.2) is 23.2 Å². The zero-order chi connectivity index (χ0) is 20.7. The quantitative estimate of drug-likeness (QED) is 0.432. The number of hydrogen-bond acceptors (Lipinski definition) is 5. The second-order valence-electron chi connectivity index (χ2n) is 6.51. The molecular formula is C19H27F2N3O4. The summed E-state index contributed by atoms with van der Waals surface area (Å²) < 4.78 is 39.8. The summed E-state index contributed by atoms with van der Waals surface area (Å²) in [5.41, 5.74) is 0.822. The number of rotatable bonds is 7. The number of ether oxygens (including phenoxy) is 3. The van der Waals surface area contributed by atoms with E-state index in [-0.39, 0.29) is 29.3 Å². The Morgan fingerprint density at radius 1 is 1.36 bits per heavy atom. The fourth-order valence-electron chi connectivity index (χ4n) is 3.24. The zero-order valence-electron chi connectivity index (χ0n) is 16.6. The molecule has 0 bridgehead atoms. The van der Waals surface area contributed by atoms with Crippen LogP contribution in [0.2, 0.25) is 0 Å². The van der Waals surface area contributed by atoms with Crippen molar-refractivity contribution in [2.24, 2.45) is 16.8 Å². The fraction of sp³-hybridized carbons (Fsp3) is 0.579. The number of nitrogens with one attached hydrogen (secondary N) is 1. The van der Waals surface area contributed by atoms with Gasteiger partial charge < -0.3 is 24.4 Å². The largest absolute Gasteiger partial charge is 0.490 e. The van der Waals surface area contributed by atoms with E-state index in [0.29, 0.717) is 32.2 Å². The molecule has 0 amide bonds. The topological polar surface area (TPSA) is 72.4 Å². The van der Waals surface area contributed by atoms with E-state index in [9.17, 15) is 13.6 Å². The van der Waals surface area contributed by atoms with E-state index in [1.807, 2.05) is 11.8 Å². The monoisotopic (exact) mass is 399 g/mol. The molecule has 0 radical (unpaired) electrons. The SMILES string of the molecule is CCOc1cc(CNC(=NC)N2CC(C)C(C(=O)OC)C2)ccc1OC(F)F. The highest BCUT2D eigenvalue weighted by atomic mass is 19.3. The van der Waals surface area contributed by atoms with E-state index < -0.39 is 6.61 Å². The molecule has 156 valence electrons. The molecule has 2 rings (SSSR count). The maximum atomic E-state index is 12.5. The molecule has 9 heteroatoms. The Kier molecular flexibility index (Phi) is 7.83. The number of hydrogen-bond donors (Lipinski definition) is 1. The normalized spacial score (nSPS) is 19.7. The average Bonchev–Trinajstić information content (AvgIpc) is 3.05. The number of guanidine groups is 1. The van der Waals surface area contributed by atoms with E-state index in [4.69, 9.17) is 9.47 Å². The molecule has 1 aromatic rings. The van der Waals surface area contributed by atoms with E-state index in [1.54, 1.807) is 26.1 Å². The van der Waals surface area contributed by atoms with Crippen molar-refractivity contribution in [3.8, 4) is 11.5 Å². The minimum absolute atomic E-state index is 0.000676. The van der Waals surface area contributed by atoms with Crippen molar-refractivity contribution in [3.05, 3.63) is 23.8 Å². The number of carbonyl (C=O) groups is 1. The smallest absolute Gasteiger partial charge is 0.387 e. The highest BCUT2D eigenvalue weighted by molar-refractivity contribution is 5.82. The molecule has 1 fully saturated rings. The Balaban J connectivity index is 2.03. The summed E-state index contributed by atoms with van der Waals surface area (Å²) in [7, 11) is 3.06. The number of alkyl halides is 2. The van der Waals surface area contributed by atoms with Gasteiger partial charge in [0.2, 0.25) is 0 Å². The second-order valence-corrected chi connectivity index (χ2v) is 6.51. The third kappa shape index (κ3) is 5.46. The first-order valence-corrected chi connectivity index (χ1v) is 9.13. The minimum atomic E-state index is -2.91. The van der Waals surface area contributed by atoms with Crippen molar-refractivity contribution in [1.82, 2.24) is 10.2 Å². The van der Waals surface area contributed by atoms with Crippen LogP contribution in [0.1, 0.15) is 19.4 Å². The first-order chi connectivity index (χ1) is 13.4. The van der Waals surface area contributed by atoms with E-state index >= 15 is 0 Å². The molecule has 1 heterocycles. The molecule has 2 unspecified atom stereocenters. The van der Waals surface area contributed by atoms with Crippen LogP contribution in [0.3, 0.4) is 0 Å². The number of carbonyl (C=O) groups excluding carboxylic acids is 1. The van der Waals surface area contributed by atoms with Crippen LogP contribution in [-0.4, -0.2) is 57.3 Å². The van der Waals surface area contributed by atoms with Gasteiger partial charge in [0.05, 0.1) is 19.6 Å². The lowest BCUT2D eigenvalue weighted by atomic mass is 9.99. The van der Waals surface area contributed by atoms with Crippen LogP contribution in [0.25, 0.3) is 0 Å². The van der Waals surface area contributed by atoms with E-state index in [1.165, 1.54) is 13.2 Å². The summed E-state index contributed by atoms with van der Waals surface area (Å²) in [6, 6.07) is 4.80. The van der Waals surface area contributed by atoms with Gasteiger partial charge in [0.25, 0.3) is 0 Å². The lowest BCUT2D eigenvalue weighted by Gasteiger charge is -2.22. The number of likely N-dealkylation sites (tertiary alicyclic amines) is 1. The predicted octanol–water partition coefficient (Wildman–Crippen LogP) is 2.50. The molecule has 2 atom stereocenters. The molecule has 1 saturated heterocycles. The van der Waals surface area contributed by atoms with Crippen molar-refractivity contribution in [3.63, 3.8) is 0 Å². The molecule has 1 aromatic carbocycles. The van der Waals surface area contributed by atoms with Gasteiger partial charge in [-0.2, -0.15) is 8.78 Å². The average molecular weight is 399 g/mol. The third-order valence-corrected chi connectivity index (χ3v) is 4.60. The summed E-state index contributed by atoms with van der Waals surface area (Å²) in [4.78, 5) is 18.2. The Morgan fingerprint density at radius 2 is 2.11 bits per heavy atom. The maximum Gasteiger partial charge on any atom is 0.387 e. The van der Waals surface area contributed by atoms with Gasteiger partial charge in [0.1, 0.15) is 0 Å². The van der Waals surface area contributed by atoms with Gasteiger partial charge in [-0.05, 0) is 30.5 Å². The Hall–Kier alpha value is -2.58. The number of halogens is 2. The van der Waals surface area contributed by atoms with Gasteiger partial charge in [0.15, 0.2) is 17.5 Å². The van der Waals surface area contributed by atoms with Crippen LogP contribution in [0, 0.1) is 11.8 Å². The summed E-state index contributed by atoms with van der Waals surface area (Å²) >= 11 is 0. The first kappa shape index (κ1) is 21.7. The summed E-state index contributed by atoms with van der Waals surface area (Å²) in [5, 5.41) is 3.23. The number of aliphatic imine (C=N–C) groups is 1. The summed E-state index contributed by atoms with van der Waals surface area (Å²) in [6.45, 7) is 2.82. The number of nitrogens with zero attached hydrogens (tertiary/aromatic N) is 2. The van der Waals surface area contributed by atoms with E-state index in [0.717, 1.165) is 5.56 Å². The second kappa shape index (κ2) is 10.1. The lowest BCUT2D eigenvalue weighted by molar-refractivity contribution is -0.146. The van der Waals surface area contributed by atoms with Crippen molar-refractivity contribution in [1.29, 1.82) is 0 Å². The van der Waals surface area contributed by atoms with Gasteiger partial charge in [-0.25, -0.2) is 0 Å². The van der Waals surface area contributed by atoms with Crippen LogP contribution >= 0.6 is 0 Å². The maximum absolute atomic E-state index is 12.5. The standard InChI is InChI=1S/C19H27F2N3O4/c1-5-27-16-8-13(6-7-15(16)28-18(20)21)9-23-19(22-3)24-10-12(2)14(11-24)17(25)26-4/h6-8,12,14,18H,5,9-11H2,1-4H3,(H,22,23). The number of esters is 1.